The van der Waals surface area contributed by atoms with Gasteiger partial charge in [0.2, 0.25) is 5.91 Å². The third kappa shape index (κ3) is 7.94. The number of Topliss-reactive ketones (excluding diaryl/α,β-unsaturated/α-hetero) is 1. The molecule has 0 heterocycles. The van der Waals surface area contributed by atoms with Crippen molar-refractivity contribution in [2.45, 2.75) is 13.3 Å². The molecule has 1 atom stereocenters. The van der Waals surface area contributed by atoms with E-state index in [9.17, 15) is 14.4 Å². The van der Waals surface area contributed by atoms with E-state index in [4.69, 9.17) is 22.4 Å². The van der Waals surface area contributed by atoms with E-state index < -0.39 is 17.7 Å². The van der Waals surface area contributed by atoms with Crippen molar-refractivity contribution < 1.29 is 19.5 Å². The highest BCUT2D eigenvalue weighted by Gasteiger charge is 2.18. The van der Waals surface area contributed by atoms with Crippen LogP contribution in [0.3, 0.4) is 0 Å². The van der Waals surface area contributed by atoms with Crippen LogP contribution in [0.15, 0.2) is 30.3 Å². The lowest BCUT2D eigenvalue weighted by Gasteiger charge is -1.98. The minimum Gasteiger partial charge on any atom is -0.481 e. The Balaban J connectivity index is 0.000000344. The molecule has 0 spiro atoms. The van der Waals surface area contributed by atoms with Crippen LogP contribution in [0.5, 0.6) is 0 Å². The number of carboxylic acid groups (broad SMARTS) is 1. The van der Waals surface area contributed by atoms with E-state index in [1.807, 2.05) is 30.3 Å². The van der Waals surface area contributed by atoms with Gasteiger partial charge in [0.05, 0.1) is 12.3 Å². The number of alkyl halides is 1. The molecule has 19 heavy (non-hydrogen) atoms. The van der Waals surface area contributed by atoms with Crippen molar-refractivity contribution >= 4 is 29.3 Å². The molecule has 0 bridgehead atoms. The fourth-order valence-corrected chi connectivity index (χ4v) is 1.28. The van der Waals surface area contributed by atoms with Gasteiger partial charge >= 0.3 is 5.97 Å². The third-order valence-corrected chi connectivity index (χ3v) is 2.47. The quantitative estimate of drug-likeness (QED) is 0.628. The molecule has 0 radical (unpaired) electrons. The molecule has 3 N–H and O–H groups in total. The molecule has 5 nitrogen and oxygen atoms in total. The normalized spacial score (nSPS) is 10.8. The van der Waals surface area contributed by atoms with Gasteiger partial charge < -0.3 is 10.8 Å². The Morgan fingerprint density at radius 3 is 2.11 bits per heavy atom. The molecule has 0 aliphatic carbocycles. The number of carbonyl (C=O) groups is 3. The lowest BCUT2D eigenvalue weighted by atomic mass is 10.1. The van der Waals surface area contributed by atoms with Crippen LogP contribution in [0.25, 0.3) is 0 Å². The summed E-state index contributed by atoms with van der Waals surface area (Å²) in [5.41, 5.74) is 5.95. The van der Waals surface area contributed by atoms with Crippen molar-refractivity contribution in [2.75, 3.05) is 5.88 Å². The van der Waals surface area contributed by atoms with E-state index in [0.29, 0.717) is 6.42 Å². The molecule has 0 aromatic heterocycles. The standard InChI is InChI=1S/C8H9NO.C5H7ClO3/c9-8(10)6-7-4-2-1-3-5-7;1-3(5(8)9)4(7)2-6/h1-5H,6H2,(H2,9,10);3H,2H2,1H3,(H,8,9). The number of hydrogen-bond donors (Lipinski definition) is 2. The zero-order chi connectivity index (χ0) is 14.8. The van der Waals surface area contributed by atoms with Crippen LogP contribution >= 0.6 is 11.6 Å². The lowest BCUT2D eigenvalue weighted by Crippen LogP contribution is -2.21. The molecule has 104 valence electrons. The minimum atomic E-state index is -1.12. The van der Waals surface area contributed by atoms with Gasteiger partial charge in [0.25, 0.3) is 0 Å². The summed E-state index contributed by atoms with van der Waals surface area (Å²) in [7, 11) is 0. The summed E-state index contributed by atoms with van der Waals surface area (Å²) in [5, 5.41) is 8.20. The molecule has 6 heteroatoms. The molecular formula is C13H16ClNO4. The number of primary amides is 1. The van der Waals surface area contributed by atoms with E-state index in [-0.39, 0.29) is 11.8 Å². The van der Waals surface area contributed by atoms with Crippen LogP contribution in [0.4, 0.5) is 0 Å². The average molecular weight is 286 g/mol. The summed E-state index contributed by atoms with van der Waals surface area (Å²) in [6, 6.07) is 9.44. The molecule has 1 rings (SSSR count). The number of carboxylic acids is 1. The fraction of sp³-hybridized carbons (Fsp3) is 0.308. The van der Waals surface area contributed by atoms with E-state index in [0.717, 1.165) is 5.56 Å². The summed E-state index contributed by atoms with van der Waals surface area (Å²) >= 11 is 5.08. The molecule has 0 saturated carbocycles. The fourth-order valence-electron chi connectivity index (χ4n) is 1.05. The average Bonchev–Trinajstić information content (AvgIpc) is 2.38. The van der Waals surface area contributed by atoms with Crippen molar-refractivity contribution in [3.8, 4) is 0 Å². The third-order valence-electron chi connectivity index (χ3n) is 2.21. The van der Waals surface area contributed by atoms with Gasteiger partial charge in [-0.15, -0.1) is 11.6 Å². The SMILES string of the molecule is CC(C(=O)O)C(=O)CCl.NC(=O)Cc1ccccc1. The number of ketones is 1. The molecule has 0 aliphatic heterocycles. The van der Waals surface area contributed by atoms with Crippen LogP contribution < -0.4 is 5.73 Å². The molecule has 0 saturated heterocycles. The largest absolute Gasteiger partial charge is 0.481 e. The number of carbonyl (C=O) groups excluding carboxylic acids is 2. The summed E-state index contributed by atoms with van der Waals surface area (Å²) in [5.74, 6) is -3.06. The number of nitrogens with two attached hydrogens (primary N) is 1. The highest BCUT2D eigenvalue weighted by Crippen LogP contribution is 1.98. The smallest absolute Gasteiger partial charge is 0.313 e. The molecule has 0 fully saturated rings. The van der Waals surface area contributed by atoms with Crippen molar-refractivity contribution in [3.05, 3.63) is 35.9 Å². The van der Waals surface area contributed by atoms with Gasteiger partial charge in [0.15, 0.2) is 5.78 Å². The maximum atomic E-state index is 10.4. The Labute approximate surface area is 116 Å². The number of amides is 1. The Bertz CT molecular complexity index is 434. The first kappa shape index (κ1) is 17.1. The molecule has 1 aromatic rings. The van der Waals surface area contributed by atoms with Crippen LogP contribution in [0.2, 0.25) is 0 Å². The van der Waals surface area contributed by atoms with Gasteiger partial charge in [-0.2, -0.15) is 0 Å². The molecule has 1 amide bonds. The van der Waals surface area contributed by atoms with Gasteiger partial charge in [-0.1, -0.05) is 30.3 Å². The lowest BCUT2D eigenvalue weighted by molar-refractivity contribution is -0.144. The Morgan fingerprint density at radius 1 is 1.26 bits per heavy atom. The first-order valence-electron chi connectivity index (χ1n) is 5.52. The van der Waals surface area contributed by atoms with Crippen molar-refractivity contribution in [1.29, 1.82) is 0 Å². The van der Waals surface area contributed by atoms with Crippen LogP contribution in [0, 0.1) is 5.92 Å². The van der Waals surface area contributed by atoms with Crippen LogP contribution in [-0.2, 0) is 20.8 Å². The maximum absolute atomic E-state index is 10.4. The maximum Gasteiger partial charge on any atom is 0.313 e. The number of rotatable bonds is 5. The highest BCUT2D eigenvalue weighted by atomic mass is 35.5. The predicted octanol–water partition coefficient (Wildman–Crippen LogP) is 1.23. The van der Waals surface area contributed by atoms with Crippen molar-refractivity contribution in [3.63, 3.8) is 0 Å². The van der Waals surface area contributed by atoms with E-state index >= 15 is 0 Å². The first-order valence-corrected chi connectivity index (χ1v) is 6.05. The second-order valence-corrected chi connectivity index (χ2v) is 4.06. The molecule has 1 unspecified atom stereocenters. The highest BCUT2D eigenvalue weighted by molar-refractivity contribution is 6.29. The van der Waals surface area contributed by atoms with Gasteiger partial charge in [0.1, 0.15) is 5.92 Å². The van der Waals surface area contributed by atoms with E-state index in [1.165, 1.54) is 6.92 Å². The number of halogens is 1. The number of hydrogen-bond acceptors (Lipinski definition) is 3. The summed E-state index contributed by atoms with van der Waals surface area (Å²) < 4.78 is 0. The van der Waals surface area contributed by atoms with Crippen LogP contribution in [-0.4, -0.2) is 28.6 Å². The zero-order valence-corrected chi connectivity index (χ0v) is 11.3. The molecular weight excluding hydrogens is 270 g/mol. The Hall–Kier alpha value is -1.88. The monoisotopic (exact) mass is 285 g/mol. The molecule has 0 aliphatic rings. The van der Waals surface area contributed by atoms with Crippen LogP contribution in [0.1, 0.15) is 12.5 Å². The van der Waals surface area contributed by atoms with Gasteiger partial charge in [-0.05, 0) is 12.5 Å². The van der Waals surface area contributed by atoms with E-state index in [2.05, 4.69) is 0 Å². The van der Waals surface area contributed by atoms with Crippen molar-refractivity contribution in [2.24, 2.45) is 11.7 Å². The predicted molar refractivity (Wildman–Crippen MR) is 71.9 cm³/mol. The molecule has 1 aromatic carbocycles. The Morgan fingerprint density at radius 2 is 1.79 bits per heavy atom. The topological polar surface area (TPSA) is 97.5 Å². The van der Waals surface area contributed by atoms with Gasteiger partial charge in [0, 0.05) is 0 Å². The summed E-state index contributed by atoms with van der Waals surface area (Å²) in [6.45, 7) is 1.31. The second-order valence-electron chi connectivity index (χ2n) is 3.79. The van der Waals surface area contributed by atoms with Gasteiger partial charge in [-0.3, -0.25) is 14.4 Å². The minimum absolute atomic E-state index is 0.229. The zero-order valence-electron chi connectivity index (χ0n) is 10.5. The van der Waals surface area contributed by atoms with Gasteiger partial charge in [-0.25, -0.2) is 0 Å². The summed E-state index contributed by atoms with van der Waals surface area (Å²) in [4.78, 5) is 30.9. The second kappa shape index (κ2) is 9.10. The van der Waals surface area contributed by atoms with E-state index in [1.54, 1.807) is 0 Å². The Kier molecular flexibility index (Phi) is 8.20. The first-order chi connectivity index (χ1) is 8.88. The number of aliphatic carboxylic acids is 1. The van der Waals surface area contributed by atoms with Crippen molar-refractivity contribution in [1.82, 2.24) is 0 Å². The number of benzene rings is 1. The summed E-state index contributed by atoms with van der Waals surface area (Å²) in [6.07, 6.45) is 0.334.